The Kier molecular flexibility index (Phi) is 5.71. The number of carbonyl (C=O) groups is 2. The van der Waals surface area contributed by atoms with Gasteiger partial charge in [0, 0.05) is 6.54 Å². The second-order valence-electron chi connectivity index (χ2n) is 4.96. The van der Waals surface area contributed by atoms with Crippen LogP contribution in [0.2, 0.25) is 5.02 Å². The molecule has 0 atom stereocenters. The van der Waals surface area contributed by atoms with Crippen molar-refractivity contribution in [2.24, 2.45) is 0 Å². The molecule has 0 aliphatic carbocycles. The molecule has 0 aliphatic heterocycles. The van der Waals surface area contributed by atoms with Crippen LogP contribution < -0.4 is 5.32 Å². The van der Waals surface area contributed by atoms with Crippen molar-refractivity contribution < 1.29 is 18.7 Å². The zero-order valence-electron chi connectivity index (χ0n) is 12.4. The van der Waals surface area contributed by atoms with E-state index in [1.807, 2.05) is 31.2 Å². The van der Waals surface area contributed by atoms with Gasteiger partial charge in [0.15, 0.2) is 6.61 Å². The fourth-order valence-corrected chi connectivity index (χ4v) is 2.07. The van der Waals surface area contributed by atoms with Crippen molar-refractivity contribution in [3.63, 3.8) is 0 Å². The largest absolute Gasteiger partial charge is 0.452 e. The predicted molar refractivity (Wildman–Crippen MR) is 84.7 cm³/mol. The number of esters is 1. The molecule has 0 unspecified atom stereocenters. The fraction of sp³-hybridized carbons (Fsp3) is 0.176. The van der Waals surface area contributed by atoms with Gasteiger partial charge >= 0.3 is 5.97 Å². The number of halogens is 2. The van der Waals surface area contributed by atoms with Crippen LogP contribution in [0.3, 0.4) is 0 Å². The maximum absolute atomic E-state index is 12.9. The van der Waals surface area contributed by atoms with Gasteiger partial charge in [0.05, 0.1) is 10.6 Å². The van der Waals surface area contributed by atoms with Crippen LogP contribution >= 0.6 is 11.6 Å². The molecular formula is C17H15ClFNO3. The molecule has 1 amide bonds. The van der Waals surface area contributed by atoms with Crippen molar-refractivity contribution in [1.82, 2.24) is 5.32 Å². The number of aryl methyl sites for hydroxylation is 1. The van der Waals surface area contributed by atoms with Gasteiger partial charge in [-0.2, -0.15) is 0 Å². The van der Waals surface area contributed by atoms with E-state index in [0.29, 0.717) is 6.54 Å². The molecule has 0 aliphatic rings. The number of amides is 1. The van der Waals surface area contributed by atoms with Crippen molar-refractivity contribution in [3.8, 4) is 0 Å². The number of rotatable bonds is 5. The highest BCUT2D eigenvalue weighted by atomic mass is 35.5. The highest BCUT2D eigenvalue weighted by molar-refractivity contribution is 6.33. The summed E-state index contributed by atoms with van der Waals surface area (Å²) in [6, 6.07) is 11.0. The molecule has 0 heterocycles. The van der Waals surface area contributed by atoms with Crippen LogP contribution in [0.25, 0.3) is 0 Å². The summed E-state index contributed by atoms with van der Waals surface area (Å²) in [5.41, 5.74) is 2.08. The van der Waals surface area contributed by atoms with E-state index in [1.54, 1.807) is 0 Å². The molecule has 6 heteroatoms. The quantitative estimate of drug-likeness (QED) is 0.853. The summed E-state index contributed by atoms with van der Waals surface area (Å²) in [6.07, 6.45) is 0. The molecule has 0 spiro atoms. The number of hydrogen-bond donors (Lipinski definition) is 1. The standard InChI is InChI=1S/C17H15ClFNO3/c1-11-2-4-12(5-3-11)9-20-16(21)10-23-17(22)14-7-6-13(19)8-15(14)18/h2-8H,9-10H2,1H3,(H,20,21). The fourth-order valence-electron chi connectivity index (χ4n) is 1.82. The number of benzene rings is 2. The van der Waals surface area contributed by atoms with Gasteiger partial charge in [-0.3, -0.25) is 4.79 Å². The lowest BCUT2D eigenvalue weighted by Crippen LogP contribution is -2.28. The summed E-state index contributed by atoms with van der Waals surface area (Å²) >= 11 is 5.75. The van der Waals surface area contributed by atoms with Crippen molar-refractivity contribution in [3.05, 3.63) is 70.0 Å². The van der Waals surface area contributed by atoms with Crippen molar-refractivity contribution in [2.75, 3.05) is 6.61 Å². The smallest absolute Gasteiger partial charge is 0.340 e. The van der Waals surface area contributed by atoms with E-state index in [4.69, 9.17) is 16.3 Å². The first-order valence-corrected chi connectivity index (χ1v) is 7.28. The minimum absolute atomic E-state index is 0.0133. The number of ether oxygens (including phenoxy) is 1. The van der Waals surface area contributed by atoms with Crippen LogP contribution in [-0.4, -0.2) is 18.5 Å². The first-order chi connectivity index (χ1) is 11.0. The van der Waals surface area contributed by atoms with Gasteiger partial charge < -0.3 is 10.1 Å². The summed E-state index contributed by atoms with van der Waals surface area (Å²) in [6.45, 7) is 1.88. The molecule has 4 nitrogen and oxygen atoms in total. The normalized spacial score (nSPS) is 10.2. The van der Waals surface area contributed by atoms with Crippen molar-refractivity contribution >= 4 is 23.5 Å². The molecule has 0 saturated carbocycles. The molecule has 0 saturated heterocycles. The summed E-state index contributed by atoms with van der Waals surface area (Å²) in [4.78, 5) is 23.5. The Bertz CT molecular complexity index is 716. The molecule has 23 heavy (non-hydrogen) atoms. The third kappa shape index (κ3) is 5.07. The van der Waals surface area contributed by atoms with E-state index in [2.05, 4.69) is 5.32 Å². The predicted octanol–water partition coefficient (Wildman–Crippen LogP) is 3.26. The molecule has 2 aromatic carbocycles. The zero-order valence-corrected chi connectivity index (χ0v) is 13.2. The molecule has 2 aromatic rings. The molecule has 120 valence electrons. The van der Waals surface area contributed by atoms with Crippen LogP contribution in [0.1, 0.15) is 21.5 Å². The lowest BCUT2D eigenvalue weighted by atomic mass is 10.1. The summed E-state index contributed by atoms with van der Waals surface area (Å²) < 4.78 is 17.8. The zero-order chi connectivity index (χ0) is 16.8. The number of hydrogen-bond acceptors (Lipinski definition) is 3. The number of carbonyl (C=O) groups excluding carboxylic acids is 2. The second kappa shape index (κ2) is 7.74. The maximum atomic E-state index is 12.9. The Hall–Kier alpha value is -2.40. The maximum Gasteiger partial charge on any atom is 0.340 e. The van der Waals surface area contributed by atoms with E-state index in [9.17, 15) is 14.0 Å². The molecule has 0 radical (unpaired) electrons. The van der Waals surface area contributed by atoms with Gasteiger partial charge in [-0.05, 0) is 30.7 Å². The average molecular weight is 336 g/mol. The third-order valence-corrected chi connectivity index (χ3v) is 3.41. The minimum Gasteiger partial charge on any atom is -0.452 e. The van der Waals surface area contributed by atoms with E-state index in [1.165, 1.54) is 6.07 Å². The molecule has 2 rings (SSSR count). The molecule has 0 fully saturated rings. The minimum atomic E-state index is -0.777. The van der Waals surface area contributed by atoms with E-state index in [0.717, 1.165) is 23.3 Å². The Labute approximate surface area is 138 Å². The van der Waals surface area contributed by atoms with Crippen LogP contribution in [0, 0.1) is 12.7 Å². The highest BCUT2D eigenvalue weighted by Crippen LogP contribution is 2.18. The van der Waals surface area contributed by atoms with E-state index >= 15 is 0 Å². The molecule has 1 N–H and O–H groups in total. The topological polar surface area (TPSA) is 55.4 Å². The van der Waals surface area contributed by atoms with Gasteiger partial charge in [0.1, 0.15) is 5.82 Å². The summed E-state index contributed by atoms with van der Waals surface area (Å²) in [7, 11) is 0. The highest BCUT2D eigenvalue weighted by Gasteiger charge is 2.14. The third-order valence-electron chi connectivity index (χ3n) is 3.10. The second-order valence-corrected chi connectivity index (χ2v) is 5.37. The molecule has 0 aromatic heterocycles. The van der Waals surface area contributed by atoms with Gasteiger partial charge in [0.25, 0.3) is 5.91 Å². The van der Waals surface area contributed by atoms with Crippen LogP contribution in [0.4, 0.5) is 4.39 Å². The summed E-state index contributed by atoms with van der Waals surface area (Å²) in [5.74, 6) is -1.76. The Morgan fingerprint density at radius 3 is 2.52 bits per heavy atom. The Morgan fingerprint density at radius 2 is 1.87 bits per heavy atom. The lowest BCUT2D eigenvalue weighted by molar-refractivity contribution is -0.124. The van der Waals surface area contributed by atoms with Gasteiger partial charge in [-0.1, -0.05) is 41.4 Å². The van der Waals surface area contributed by atoms with Crippen molar-refractivity contribution in [2.45, 2.75) is 13.5 Å². The van der Waals surface area contributed by atoms with Gasteiger partial charge in [-0.25, -0.2) is 9.18 Å². The van der Waals surface area contributed by atoms with Crippen LogP contribution in [-0.2, 0) is 16.1 Å². The molecular weight excluding hydrogens is 321 g/mol. The Morgan fingerprint density at radius 1 is 1.17 bits per heavy atom. The van der Waals surface area contributed by atoms with Gasteiger partial charge in [-0.15, -0.1) is 0 Å². The molecule has 0 bridgehead atoms. The van der Waals surface area contributed by atoms with E-state index in [-0.39, 0.29) is 10.6 Å². The first-order valence-electron chi connectivity index (χ1n) is 6.90. The number of nitrogens with one attached hydrogen (secondary N) is 1. The average Bonchev–Trinajstić information content (AvgIpc) is 2.52. The Balaban J connectivity index is 1.81. The van der Waals surface area contributed by atoms with Crippen LogP contribution in [0.5, 0.6) is 0 Å². The summed E-state index contributed by atoms with van der Waals surface area (Å²) in [5, 5.41) is 2.58. The lowest BCUT2D eigenvalue weighted by Gasteiger charge is -2.08. The monoisotopic (exact) mass is 335 g/mol. The van der Waals surface area contributed by atoms with E-state index < -0.39 is 24.3 Å². The SMILES string of the molecule is Cc1ccc(CNC(=O)COC(=O)c2ccc(F)cc2Cl)cc1. The first kappa shape index (κ1) is 17.0. The van der Waals surface area contributed by atoms with Crippen LogP contribution in [0.15, 0.2) is 42.5 Å². The van der Waals surface area contributed by atoms with Crippen molar-refractivity contribution in [1.29, 1.82) is 0 Å². The van der Waals surface area contributed by atoms with Gasteiger partial charge in [0.2, 0.25) is 0 Å².